The number of nitrogens with zero attached hydrogens (tertiary/aromatic N) is 1. The average Bonchev–Trinajstić information content (AvgIpc) is 2.75. The van der Waals surface area contributed by atoms with E-state index in [0.717, 1.165) is 25.5 Å². The van der Waals surface area contributed by atoms with Crippen molar-refractivity contribution in [2.45, 2.75) is 6.92 Å². The molecule has 0 aliphatic rings. The number of rotatable bonds is 2. The predicted octanol–water partition coefficient (Wildman–Crippen LogP) is 5.76. The highest BCUT2D eigenvalue weighted by Gasteiger charge is 2.05. The van der Waals surface area contributed by atoms with Crippen LogP contribution in [0.25, 0.3) is 10.2 Å². The van der Waals surface area contributed by atoms with Crippen LogP contribution in [0.3, 0.4) is 0 Å². The second-order valence-corrected chi connectivity index (χ2v) is 6.54. The number of aromatic nitrogens is 1. The number of hydrogen-bond donors (Lipinski definition) is 1. The summed E-state index contributed by atoms with van der Waals surface area (Å²) >= 11 is 11.1. The standard InChI is InChI=1S/C14H10BrClN2S/c1-8-6-10(3-4-11(8)15)17-14-18-12-7-9(16)2-5-13(12)19-14/h2-7H,1H3,(H,17,18). The Bertz CT molecular complexity index is 754. The fourth-order valence-corrected chi connectivity index (χ4v) is 3.08. The van der Waals surface area contributed by atoms with E-state index in [2.05, 4.69) is 39.2 Å². The largest absolute Gasteiger partial charge is 0.332 e. The molecule has 0 saturated carbocycles. The molecule has 0 fully saturated rings. The van der Waals surface area contributed by atoms with Gasteiger partial charge in [0.1, 0.15) is 0 Å². The minimum Gasteiger partial charge on any atom is -0.332 e. The zero-order chi connectivity index (χ0) is 13.4. The Morgan fingerprint density at radius 2 is 2.05 bits per heavy atom. The van der Waals surface area contributed by atoms with Crippen LogP contribution in [0.15, 0.2) is 40.9 Å². The molecule has 1 N–H and O–H groups in total. The maximum atomic E-state index is 5.97. The fourth-order valence-electron chi connectivity index (χ4n) is 1.80. The Kier molecular flexibility index (Phi) is 3.48. The number of benzene rings is 2. The van der Waals surface area contributed by atoms with Gasteiger partial charge in [-0.05, 0) is 48.9 Å². The van der Waals surface area contributed by atoms with Crippen molar-refractivity contribution in [2.75, 3.05) is 5.32 Å². The molecular formula is C14H10BrClN2S. The van der Waals surface area contributed by atoms with Crippen molar-refractivity contribution in [3.05, 3.63) is 51.5 Å². The van der Waals surface area contributed by atoms with E-state index in [1.807, 2.05) is 30.3 Å². The molecule has 0 aliphatic heterocycles. The molecule has 1 heterocycles. The van der Waals surface area contributed by atoms with Gasteiger partial charge in [0.05, 0.1) is 10.2 Å². The highest BCUT2D eigenvalue weighted by Crippen LogP contribution is 2.30. The molecule has 0 saturated heterocycles. The van der Waals surface area contributed by atoms with Crippen LogP contribution >= 0.6 is 38.9 Å². The Hall–Kier alpha value is -1.10. The van der Waals surface area contributed by atoms with Gasteiger partial charge in [0.25, 0.3) is 0 Å². The van der Waals surface area contributed by atoms with Gasteiger partial charge in [-0.2, -0.15) is 0 Å². The molecule has 96 valence electrons. The third-order valence-corrected chi connectivity index (χ3v) is 4.84. The molecule has 0 bridgehead atoms. The molecule has 0 amide bonds. The average molecular weight is 354 g/mol. The molecule has 0 radical (unpaired) electrons. The second-order valence-electron chi connectivity index (χ2n) is 4.22. The van der Waals surface area contributed by atoms with E-state index in [-0.39, 0.29) is 0 Å². The molecule has 5 heteroatoms. The molecule has 0 aliphatic carbocycles. The van der Waals surface area contributed by atoms with Gasteiger partial charge >= 0.3 is 0 Å². The van der Waals surface area contributed by atoms with Crippen molar-refractivity contribution >= 4 is 59.9 Å². The predicted molar refractivity (Wildman–Crippen MR) is 86.8 cm³/mol. The van der Waals surface area contributed by atoms with Crippen LogP contribution in [0.2, 0.25) is 5.02 Å². The number of fused-ring (bicyclic) bond motifs is 1. The normalized spacial score (nSPS) is 10.9. The summed E-state index contributed by atoms with van der Waals surface area (Å²) in [5.41, 5.74) is 3.15. The Labute approximate surface area is 128 Å². The molecule has 0 unspecified atom stereocenters. The van der Waals surface area contributed by atoms with E-state index in [1.165, 1.54) is 5.56 Å². The maximum Gasteiger partial charge on any atom is 0.188 e. The summed E-state index contributed by atoms with van der Waals surface area (Å²) in [5, 5.41) is 4.91. The van der Waals surface area contributed by atoms with Crippen LogP contribution in [0.4, 0.5) is 10.8 Å². The summed E-state index contributed by atoms with van der Waals surface area (Å²) in [7, 11) is 0. The summed E-state index contributed by atoms with van der Waals surface area (Å²) < 4.78 is 2.23. The van der Waals surface area contributed by atoms with Gasteiger partial charge in [0.2, 0.25) is 0 Å². The van der Waals surface area contributed by atoms with E-state index in [4.69, 9.17) is 11.6 Å². The molecule has 19 heavy (non-hydrogen) atoms. The first-order valence-corrected chi connectivity index (χ1v) is 7.70. The van der Waals surface area contributed by atoms with Crippen LogP contribution in [0, 0.1) is 6.92 Å². The van der Waals surface area contributed by atoms with Gasteiger partial charge in [-0.25, -0.2) is 4.98 Å². The van der Waals surface area contributed by atoms with Crippen LogP contribution in [-0.4, -0.2) is 4.98 Å². The highest BCUT2D eigenvalue weighted by atomic mass is 79.9. The molecule has 0 spiro atoms. The van der Waals surface area contributed by atoms with Crippen molar-refractivity contribution < 1.29 is 0 Å². The zero-order valence-corrected chi connectivity index (χ0v) is 13.2. The van der Waals surface area contributed by atoms with Crippen LogP contribution < -0.4 is 5.32 Å². The van der Waals surface area contributed by atoms with Gasteiger partial charge in [0, 0.05) is 15.2 Å². The van der Waals surface area contributed by atoms with Crippen molar-refractivity contribution in [1.82, 2.24) is 4.98 Å². The quantitative estimate of drug-likeness (QED) is 0.633. The lowest BCUT2D eigenvalue weighted by molar-refractivity contribution is 1.40. The van der Waals surface area contributed by atoms with Crippen molar-refractivity contribution in [2.24, 2.45) is 0 Å². The van der Waals surface area contributed by atoms with Crippen LogP contribution in [0.5, 0.6) is 0 Å². The summed E-state index contributed by atoms with van der Waals surface area (Å²) in [5.74, 6) is 0. The van der Waals surface area contributed by atoms with Gasteiger partial charge < -0.3 is 5.32 Å². The summed E-state index contributed by atoms with van der Waals surface area (Å²) in [4.78, 5) is 4.53. The number of hydrogen-bond acceptors (Lipinski definition) is 3. The van der Waals surface area contributed by atoms with Crippen molar-refractivity contribution in [1.29, 1.82) is 0 Å². The summed E-state index contributed by atoms with van der Waals surface area (Å²) in [6.07, 6.45) is 0. The summed E-state index contributed by atoms with van der Waals surface area (Å²) in [6, 6.07) is 11.9. The lowest BCUT2D eigenvalue weighted by Crippen LogP contribution is -1.89. The number of thiazole rings is 1. The van der Waals surface area contributed by atoms with Crippen molar-refractivity contribution in [3.63, 3.8) is 0 Å². The monoisotopic (exact) mass is 352 g/mol. The van der Waals surface area contributed by atoms with Crippen molar-refractivity contribution in [3.8, 4) is 0 Å². The molecule has 3 aromatic rings. The van der Waals surface area contributed by atoms with E-state index >= 15 is 0 Å². The number of anilines is 2. The Morgan fingerprint density at radius 1 is 1.21 bits per heavy atom. The molecule has 1 aromatic heterocycles. The lowest BCUT2D eigenvalue weighted by Gasteiger charge is -2.04. The summed E-state index contributed by atoms with van der Waals surface area (Å²) in [6.45, 7) is 2.06. The number of nitrogens with one attached hydrogen (secondary N) is 1. The minimum absolute atomic E-state index is 0.712. The van der Waals surface area contributed by atoms with E-state index in [0.29, 0.717) is 5.02 Å². The van der Waals surface area contributed by atoms with Gasteiger partial charge in [-0.15, -0.1) is 0 Å². The van der Waals surface area contributed by atoms with Gasteiger partial charge in [-0.1, -0.05) is 38.9 Å². The van der Waals surface area contributed by atoms with Crippen LogP contribution in [0.1, 0.15) is 5.56 Å². The second kappa shape index (κ2) is 5.12. The maximum absolute atomic E-state index is 5.97. The van der Waals surface area contributed by atoms with E-state index in [9.17, 15) is 0 Å². The smallest absolute Gasteiger partial charge is 0.188 e. The van der Waals surface area contributed by atoms with E-state index < -0.39 is 0 Å². The molecule has 2 nitrogen and oxygen atoms in total. The molecule has 2 aromatic carbocycles. The molecular weight excluding hydrogens is 344 g/mol. The Balaban J connectivity index is 1.94. The highest BCUT2D eigenvalue weighted by molar-refractivity contribution is 9.10. The first-order valence-electron chi connectivity index (χ1n) is 5.71. The Morgan fingerprint density at radius 3 is 2.84 bits per heavy atom. The number of aryl methyl sites for hydroxylation is 1. The van der Waals surface area contributed by atoms with Gasteiger partial charge in [-0.3, -0.25) is 0 Å². The van der Waals surface area contributed by atoms with E-state index in [1.54, 1.807) is 11.3 Å². The lowest BCUT2D eigenvalue weighted by atomic mass is 10.2. The SMILES string of the molecule is Cc1cc(Nc2nc3cc(Cl)ccc3s2)ccc1Br. The topological polar surface area (TPSA) is 24.9 Å². The first-order chi connectivity index (χ1) is 9.11. The third-order valence-electron chi connectivity index (χ3n) is 2.76. The third kappa shape index (κ3) is 2.76. The first kappa shape index (κ1) is 12.9. The minimum atomic E-state index is 0.712. The molecule has 3 rings (SSSR count). The molecule has 0 atom stereocenters. The number of halogens is 2. The van der Waals surface area contributed by atoms with Crippen LogP contribution in [-0.2, 0) is 0 Å². The fraction of sp³-hybridized carbons (Fsp3) is 0.0714. The van der Waals surface area contributed by atoms with Gasteiger partial charge in [0.15, 0.2) is 5.13 Å². The zero-order valence-electron chi connectivity index (χ0n) is 10.1.